The lowest BCUT2D eigenvalue weighted by molar-refractivity contribution is -0.131. The van der Waals surface area contributed by atoms with Crippen LogP contribution in [0.5, 0.6) is 0 Å². The van der Waals surface area contributed by atoms with Gasteiger partial charge >= 0.3 is 0 Å². The third-order valence-electron chi connectivity index (χ3n) is 3.71. The standard InChI is InChI=1S/C18H24N4O.HI/c1-3-11-20-18(19-4-2)21-12-7-10-17(23)22-13-15-8-5-6-9-16(15)14-22;/h1,5-6,8-9H,4,7,10-14H2,2H3,(H2,19,20,21);1H. The minimum atomic E-state index is 0. The third-order valence-corrected chi connectivity index (χ3v) is 3.71. The predicted octanol–water partition coefficient (Wildman–Crippen LogP) is 2.12. The van der Waals surface area contributed by atoms with Crippen LogP contribution in [0.3, 0.4) is 0 Å². The molecule has 1 aliphatic heterocycles. The van der Waals surface area contributed by atoms with E-state index in [1.54, 1.807) is 0 Å². The lowest BCUT2D eigenvalue weighted by Crippen LogP contribution is -2.37. The van der Waals surface area contributed by atoms with Crippen molar-refractivity contribution >= 4 is 35.8 Å². The average molecular weight is 440 g/mol. The summed E-state index contributed by atoms with van der Waals surface area (Å²) in [5, 5.41) is 6.15. The van der Waals surface area contributed by atoms with Crippen molar-refractivity contribution in [1.82, 2.24) is 15.5 Å². The van der Waals surface area contributed by atoms with Crippen molar-refractivity contribution in [2.75, 3.05) is 19.6 Å². The van der Waals surface area contributed by atoms with Gasteiger partial charge in [0.1, 0.15) is 0 Å². The number of nitrogens with zero attached hydrogens (tertiary/aromatic N) is 2. The van der Waals surface area contributed by atoms with E-state index in [0.29, 0.717) is 25.5 Å². The van der Waals surface area contributed by atoms with E-state index in [4.69, 9.17) is 6.42 Å². The fourth-order valence-electron chi connectivity index (χ4n) is 2.57. The molecule has 1 aliphatic rings. The summed E-state index contributed by atoms with van der Waals surface area (Å²) in [6.45, 7) is 5.28. The van der Waals surface area contributed by atoms with Crippen LogP contribution in [0.25, 0.3) is 0 Å². The Kier molecular flexibility index (Phi) is 9.23. The molecule has 0 bridgehead atoms. The number of benzene rings is 1. The van der Waals surface area contributed by atoms with Crippen LogP contribution < -0.4 is 10.6 Å². The quantitative estimate of drug-likeness (QED) is 0.234. The van der Waals surface area contributed by atoms with Gasteiger partial charge in [-0.2, -0.15) is 0 Å². The molecule has 0 saturated heterocycles. The van der Waals surface area contributed by atoms with E-state index in [1.165, 1.54) is 11.1 Å². The molecule has 2 rings (SSSR count). The van der Waals surface area contributed by atoms with Gasteiger partial charge in [-0.15, -0.1) is 30.4 Å². The number of nitrogens with one attached hydrogen (secondary N) is 2. The molecule has 6 heteroatoms. The fourth-order valence-corrected chi connectivity index (χ4v) is 2.57. The van der Waals surface area contributed by atoms with Crippen molar-refractivity contribution in [3.8, 4) is 12.3 Å². The van der Waals surface area contributed by atoms with Crippen molar-refractivity contribution in [3.63, 3.8) is 0 Å². The molecular formula is C18H25IN4O. The number of terminal acetylenes is 1. The summed E-state index contributed by atoms with van der Waals surface area (Å²) in [5.74, 6) is 3.41. The van der Waals surface area contributed by atoms with Gasteiger partial charge in [-0.1, -0.05) is 30.2 Å². The van der Waals surface area contributed by atoms with E-state index in [-0.39, 0.29) is 29.9 Å². The number of guanidine groups is 1. The summed E-state index contributed by atoms with van der Waals surface area (Å²) in [4.78, 5) is 18.6. The smallest absolute Gasteiger partial charge is 0.223 e. The molecule has 1 amide bonds. The Morgan fingerprint density at radius 3 is 2.54 bits per heavy atom. The monoisotopic (exact) mass is 440 g/mol. The SMILES string of the molecule is C#CCNC(=NCCCC(=O)N1Cc2ccccc2C1)NCC.I. The largest absolute Gasteiger partial charge is 0.357 e. The minimum Gasteiger partial charge on any atom is -0.357 e. The zero-order valence-corrected chi connectivity index (χ0v) is 16.4. The van der Waals surface area contributed by atoms with E-state index in [9.17, 15) is 4.79 Å². The maximum absolute atomic E-state index is 12.3. The summed E-state index contributed by atoms with van der Waals surface area (Å²) in [7, 11) is 0. The van der Waals surface area contributed by atoms with Crippen molar-refractivity contribution in [1.29, 1.82) is 0 Å². The first-order chi connectivity index (χ1) is 11.2. The number of fused-ring (bicyclic) bond motifs is 1. The Balaban J connectivity index is 0.00000288. The molecule has 1 aromatic rings. The number of hydrogen-bond donors (Lipinski definition) is 2. The highest BCUT2D eigenvalue weighted by Gasteiger charge is 2.21. The Morgan fingerprint density at radius 2 is 1.96 bits per heavy atom. The minimum absolute atomic E-state index is 0. The van der Waals surface area contributed by atoms with Crippen LogP contribution in [0.4, 0.5) is 0 Å². The normalized spacial score (nSPS) is 12.8. The van der Waals surface area contributed by atoms with Crippen molar-refractivity contribution in [2.24, 2.45) is 4.99 Å². The summed E-state index contributed by atoms with van der Waals surface area (Å²) in [6, 6.07) is 8.22. The van der Waals surface area contributed by atoms with Crippen molar-refractivity contribution in [3.05, 3.63) is 35.4 Å². The lowest BCUT2D eigenvalue weighted by atomic mass is 10.1. The van der Waals surface area contributed by atoms with E-state index < -0.39 is 0 Å². The number of carbonyl (C=O) groups excluding carboxylic acids is 1. The first kappa shape index (κ1) is 20.3. The first-order valence-electron chi connectivity index (χ1n) is 8.04. The molecule has 24 heavy (non-hydrogen) atoms. The number of hydrogen-bond acceptors (Lipinski definition) is 2. The molecule has 0 aliphatic carbocycles. The van der Waals surface area contributed by atoms with Crippen molar-refractivity contribution < 1.29 is 4.79 Å². The van der Waals surface area contributed by atoms with Crippen LogP contribution in [-0.4, -0.2) is 36.4 Å². The number of rotatable bonds is 6. The van der Waals surface area contributed by atoms with Gasteiger partial charge in [0, 0.05) is 32.6 Å². The van der Waals surface area contributed by atoms with Crippen LogP contribution in [0.15, 0.2) is 29.3 Å². The zero-order chi connectivity index (χ0) is 16.5. The van der Waals surface area contributed by atoms with Gasteiger partial charge in [-0.05, 0) is 24.5 Å². The zero-order valence-electron chi connectivity index (χ0n) is 14.0. The van der Waals surface area contributed by atoms with Gasteiger partial charge < -0.3 is 15.5 Å². The van der Waals surface area contributed by atoms with Crippen LogP contribution in [0.1, 0.15) is 30.9 Å². The van der Waals surface area contributed by atoms with Gasteiger partial charge in [0.25, 0.3) is 0 Å². The fraction of sp³-hybridized carbons (Fsp3) is 0.444. The van der Waals surface area contributed by atoms with Gasteiger partial charge in [0.2, 0.25) is 5.91 Å². The maximum Gasteiger partial charge on any atom is 0.223 e. The molecule has 0 saturated carbocycles. The summed E-state index contributed by atoms with van der Waals surface area (Å²) >= 11 is 0. The molecular weight excluding hydrogens is 415 g/mol. The number of aliphatic imine (C=N–C) groups is 1. The highest BCUT2D eigenvalue weighted by atomic mass is 127. The molecule has 0 aromatic heterocycles. The predicted molar refractivity (Wildman–Crippen MR) is 108 cm³/mol. The maximum atomic E-state index is 12.3. The molecule has 2 N–H and O–H groups in total. The second-order valence-electron chi connectivity index (χ2n) is 5.44. The molecule has 0 fully saturated rings. The Bertz CT molecular complexity index is 584. The highest BCUT2D eigenvalue weighted by molar-refractivity contribution is 14.0. The molecule has 1 aromatic carbocycles. The summed E-state index contributed by atoms with van der Waals surface area (Å²) in [5.41, 5.74) is 2.51. The van der Waals surface area contributed by atoms with Crippen LogP contribution in [0, 0.1) is 12.3 Å². The van der Waals surface area contributed by atoms with Gasteiger partial charge in [-0.25, -0.2) is 0 Å². The van der Waals surface area contributed by atoms with E-state index in [1.807, 2.05) is 24.0 Å². The molecule has 130 valence electrons. The summed E-state index contributed by atoms with van der Waals surface area (Å²) in [6.07, 6.45) is 6.48. The molecule has 0 atom stereocenters. The van der Waals surface area contributed by atoms with Gasteiger partial charge in [-0.3, -0.25) is 9.79 Å². The van der Waals surface area contributed by atoms with Crippen molar-refractivity contribution in [2.45, 2.75) is 32.9 Å². The number of halogens is 1. The molecule has 0 unspecified atom stereocenters. The average Bonchev–Trinajstić information content (AvgIpc) is 3.00. The number of carbonyl (C=O) groups is 1. The van der Waals surface area contributed by atoms with Gasteiger partial charge in [0.05, 0.1) is 6.54 Å². The second-order valence-corrected chi connectivity index (χ2v) is 5.44. The molecule has 0 spiro atoms. The molecule has 1 heterocycles. The summed E-state index contributed by atoms with van der Waals surface area (Å²) < 4.78 is 0. The Labute approximate surface area is 161 Å². The van der Waals surface area contributed by atoms with E-state index in [2.05, 4.69) is 33.7 Å². The first-order valence-corrected chi connectivity index (χ1v) is 8.04. The third kappa shape index (κ3) is 6.04. The van der Waals surface area contributed by atoms with E-state index in [0.717, 1.165) is 26.1 Å². The van der Waals surface area contributed by atoms with Crippen LogP contribution >= 0.6 is 24.0 Å². The van der Waals surface area contributed by atoms with Crippen LogP contribution in [0.2, 0.25) is 0 Å². The molecule has 0 radical (unpaired) electrons. The highest BCUT2D eigenvalue weighted by Crippen LogP contribution is 2.22. The lowest BCUT2D eigenvalue weighted by Gasteiger charge is -2.15. The molecule has 5 nitrogen and oxygen atoms in total. The Morgan fingerprint density at radius 1 is 1.29 bits per heavy atom. The second kappa shape index (κ2) is 10.9. The van der Waals surface area contributed by atoms with Crippen LogP contribution in [-0.2, 0) is 17.9 Å². The topological polar surface area (TPSA) is 56.7 Å². The Hall–Kier alpha value is -1.75. The number of amides is 1. The van der Waals surface area contributed by atoms with E-state index >= 15 is 0 Å². The van der Waals surface area contributed by atoms with Gasteiger partial charge in [0.15, 0.2) is 5.96 Å².